The Bertz CT molecular complexity index is 1280. The number of carbonyl (C=O) groups is 1. The van der Waals surface area contributed by atoms with E-state index in [-0.39, 0.29) is 17.6 Å². The van der Waals surface area contributed by atoms with Crippen LogP contribution in [0.4, 0.5) is 0 Å². The second-order valence-corrected chi connectivity index (χ2v) is 9.40. The second-order valence-electron chi connectivity index (χ2n) is 8.40. The number of rotatable bonds is 4. The minimum Gasteiger partial charge on any atom is -0.438 e. The van der Waals surface area contributed by atoms with E-state index < -0.39 is 0 Å². The first-order chi connectivity index (χ1) is 15.1. The molecule has 1 saturated carbocycles. The van der Waals surface area contributed by atoms with Crippen molar-refractivity contribution in [2.24, 2.45) is 0 Å². The van der Waals surface area contributed by atoms with Crippen LogP contribution in [0.5, 0.6) is 0 Å². The molecule has 1 N–H and O–H groups in total. The summed E-state index contributed by atoms with van der Waals surface area (Å²) in [6.07, 6.45) is 5.91. The molecular formula is C22H23N6O2P. The van der Waals surface area contributed by atoms with E-state index in [4.69, 9.17) is 9.52 Å². The van der Waals surface area contributed by atoms with Crippen molar-refractivity contribution >= 4 is 20.7 Å². The molecule has 5 heterocycles. The van der Waals surface area contributed by atoms with Crippen LogP contribution >= 0.6 is 9.24 Å². The highest BCUT2D eigenvalue weighted by Crippen LogP contribution is 2.42. The van der Waals surface area contributed by atoms with Crippen molar-refractivity contribution in [1.82, 2.24) is 29.5 Å². The molecular weight excluding hydrogens is 411 g/mol. The third kappa shape index (κ3) is 3.00. The van der Waals surface area contributed by atoms with Gasteiger partial charge < -0.3 is 14.3 Å². The molecule has 4 aromatic rings. The van der Waals surface area contributed by atoms with E-state index in [1.807, 2.05) is 27.6 Å². The number of hydrogen-bond acceptors (Lipinski definition) is 5. The molecule has 158 valence electrons. The van der Waals surface area contributed by atoms with Crippen LogP contribution < -0.4 is 0 Å². The zero-order chi connectivity index (χ0) is 21.1. The first-order valence-corrected chi connectivity index (χ1v) is 11.3. The molecule has 0 bridgehead atoms. The average molecular weight is 434 g/mol. The molecule has 4 aromatic heterocycles. The molecule has 1 amide bonds. The fourth-order valence-corrected chi connectivity index (χ4v) is 4.77. The van der Waals surface area contributed by atoms with E-state index in [0.29, 0.717) is 24.6 Å². The van der Waals surface area contributed by atoms with Crippen molar-refractivity contribution in [3.63, 3.8) is 0 Å². The number of aromatic amines is 1. The van der Waals surface area contributed by atoms with Crippen molar-refractivity contribution in [2.45, 2.75) is 43.8 Å². The van der Waals surface area contributed by atoms with Crippen LogP contribution in [-0.2, 0) is 6.42 Å². The Kier molecular flexibility index (Phi) is 4.25. The summed E-state index contributed by atoms with van der Waals surface area (Å²) in [7, 11) is 2.82. The predicted molar refractivity (Wildman–Crippen MR) is 117 cm³/mol. The van der Waals surface area contributed by atoms with Gasteiger partial charge in [0.25, 0.3) is 5.91 Å². The minimum absolute atomic E-state index is 0.144. The maximum Gasteiger partial charge on any atom is 0.292 e. The fraction of sp³-hybridized carbons (Fsp3) is 0.364. The van der Waals surface area contributed by atoms with Crippen LogP contribution in [0, 0.1) is 0 Å². The molecule has 1 aliphatic carbocycles. The van der Waals surface area contributed by atoms with Crippen molar-refractivity contribution in [1.29, 1.82) is 0 Å². The number of carbonyl (C=O) groups excluding carboxylic acids is 1. The monoisotopic (exact) mass is 434 g/mol. The summed E-state index contributed by atoms with van der Waals surface area (Å²) in [5, 5.41) is 4.93. The van der Waals surface area contributed by atoms with E-state index in [1.54, 1.807) is 6.33 Å². The molecule has 0 saturated heterocycles. The zero-order valence-corrected chi connectivity index (χ0v) is 18.3. The lowest BCUT2D eigenvalue weighted by atomic mass is 9.99. The van der Waals surface area contributed by atoms with Crippen LogP contribution in [0.15, 0.2) is 41.4 Å². The van der Waals surface area contributed by atoms with Crippen molar-refractivity contribution in [3.8, 4) is 0 Å². The number of hydrogen-bond donors (Lipinski definition) is 1. The Balaban J connectivity index is 1.47. The van der Waals surface area contributed by atoms with E-state index in [2.05, 4.69) is 37.2 Å². The third-order valence-corrected chi connectivity index (χ3v) is 6.56. The highest BCUT2D eigenvalue weighted by molar-refractivity contribution is 7.17. The molecule has 9 heteroatoms. The number of amides is 1. The maximum absolute atomic E-state index is 13.6. The standard InChI is InChI=1S/C22H23N6O2P/c1-12(31)17-4-2-3-14-9-16(26-28(14)17)20-19-15(23-10-24-19)7-8-27(20)22(29)21-18(13-5-6-13)25-11-30-21/h2-4,9-13,20H,5-8,31H2,1H3,(H,23,24)/t12?,20-/m0/s1. The van der Waals surface area contributed by atoms with Crippen molar-refractivity contribution in [3.05, 3.63) is 71.2 Å². The molecule has 2 unspecified atom stereocenters. The summed E-state index contributed by atoms with van der Waals surface area (Å²) in [5.74, 6) is 0.549. The smallest absolute Gasteiger partial charge is 0.292 e. The number of nitrogens with zero attached hydrogens (tertiary/aromatic N) is 5. The summed E-state index contributed by atoms with van der Waals surface area (Å²) in [4.78, 5) is 27.6. The molecule has 0 aromatic carbocycles. The van der Waals surface area contributed by atoms with Crippen LogP contribution in [-0.4, -0.2) is 41.9 Å². The van der Waals surface area contributed by atoms with Gasteiger partial charge in [-0.3, -0.25) is 4.79 Å². The number of nitrogens with one attached hydrogen (secondary N) is 1. The Morgan fingerprint density at radius 1 is 1.29 bits per heavy atom. The number of imidazole rings is 1. The lowest BCUT2D eigenvalue weighted by molar-refractivity contribution is 0.0652. The van der Waals surface area contributed by atoms with Gasteiger partial charge in [0, 0.05) is 35.9 Å². The highest BCUT2D eigenvalue weighted by atomic mass is 31.0. The van der Waals surface area contributed by atoms with Crippen LogP contribution in [0.3, 0.4) is 0 Å². The summed E-state index contributed by atoms with van der Waals surface area (Å²) in [6, 6.07) is 7.81. The van der Waals surface area contributed by atoms with Crippen LogP contribution in [0.1, 0.15) is 76.4 Å². The van der Waals surface area contributed by atoms with Gasteiger partial charge in [-0.2, -0.15) is 5.10 Å². The predicted octanol–water partition coefficient (Wildman–Crippen LogP) is 3.65. The SMILES string of the molecule is CC(P)c1cccc2cc([C@H]3c4nc[nH]c4CCN3C(=O)c3ocnc3C3CC3)nn12. The van der Waals surface area contributed by atoms with Crippen molar-refractivity contribution < 1.29 is 9.21 Å². The van der Waals surface area contributed by atoms with E-state index in [9.17, 15) is 4.79 Å². The molecule has 0 radical (unpaired) electrons. The maximum atomic E-state index is 13.6. The molecule has 1 aliphatic heterocycles. The summed E-state index contributed by atoms with van der Waals surface area (Å²) >= 11 is 0. The molecule has 6 rings (SSSR count). The fourth-order valence-electron chi connectivity index (χ4n) is 4.52. The van der Waals surface area contributed by atoms with Gasteiger partial charge in [-0.25, -0.2) is 14.5 Å². The van der Waals surface area contributed by atoms with Gasteiger partial charge in [-0.05, 0) is 31.0 Å². The lowest BCUT2D eigenvalue weighted by Crippen LogP contribution is -2.41. The number of aromatic nitrogens is 5. The molecule has 2 aliphatic rings. The topological polar surface area (TPSA) is 92.3 Å². The van der Waals surface area contributed by atoms with Gasteiger partial charge >= 0.3 is 0 Å². The zero-order valence-electron chi connectivity index (χ0n) is 17.2. The largest absolute Gasteiger partial charge is 0.438 e. The number of oxazole rings is 1. The Labute approximate surface area is 181 Å². The van der Waals surface area contributed by atoms with E-state index in [0.717, 1.165) is 46.8 Å². The Morgan fingerprint density at radius 3 is 2.97 bits per heavy atom. The van der Waals surface area contributed by atoms with Crippen LogP contribution in [0.25, 0.3) is 5.52 Å². The molecule has 31 heavy (non-hydrogen) atoms. The molecule has 1 fully saturated rings. The van der Waals surface area contributed by atoms with Gasteiger partial charge in [0.1, 0.15) is 6.04 Å². The van der Waals surface area contributed by atoms with Gasteiger partial charge in [0.05, 0.1) is 28.9 Å². The van der Waals surface area contributed by atoms with Gasteiger partial charge in [-0.1, -0.05) is 13.0 Å². The molecule has 0 spiro atoms. The lowest BCUT2D eigenvalue weighted by Gasteiger charge is -2.33. The van der Waals surface area contributed by atoms with Gasteiger partial charge in [0.2, 0.25) is 5.76 Å². The Morgan fingerprint density at radius 2 is 2.16 bits per heavy atom. The number of H-pyrrole nitrogens is 1. The van der Waals surface area contributed by atoms with Crippen molar-refractivity contribution in [2.75, 3.05) is 6.54 Å². The van der Waals surface area contributed by atoms with E-state index >= 15 is 0 Å². The van der Waals surface area contributed by atoms with Gasteiger partial charge in [0.15, 0.2) is 6.39 Å². The summed E-state index contributed by atoms with van der Waals surface area (Å²) < 4.78 is 7.54. The number of fused-ring (bicyclic) bond motifs is 2. The summed E-state index contributed by atoms with van der Waals surface area (Å²) in [5.41, 5.74) is 5.81. The van der Waals surface area contributed by atoms with Crippen LogP contribution in [0.2, 0.25) is 0 Å². The molecule has 3 atom stereocenters. The second kappa shape index (κ2) is 7.02. The summed E-state index contributed by atoms with van der Waals surface area (Å²) in [6.45, 7) is 2.68. The quantitative estimate of drug-likeness (QED) is 0.495. The first-order valence-electron chi connectivity index (χ1n) is 10.6. The minimum atomic E-state index is -0.382. The third-order valence-electron chi connectivity index (χ3n) is 6.22. The Hall–Kier alpha value is -2.99. The first kappa shape index (κ1) is 18.8. The highest BCUT2D eigenvalue weighted by Gasteiger charge is 2.40. The normalized spacial score (nSPS) is 19.5. The number of pyridine rings is 1. The average Bonchev–Trinajstić information content (AvgIpc) is 3.19. The van der Waals surface area contributed by atoms with E-state index in [1.165, 1.54) is 6.39 Å². The molecule has 8 nitrogen and oxygen atoms in total. The van der Waals surface area contributed by atoms with Gasteiger partial charge in [-0.15, -0.1) is 9.24 Å².